The second kappa shape index (κ2) is 7.10. The maximum Gasteiger partial charge on any atom is 0.221 e. The van der Waals surface area contributed by atoms with Crippen LogP contribution in [0.3, 0.4) is 0 Å². The lowest BCUT2D eigenvalue weighted by atomic mass is 9.99. The lowest BCUT2D eigenvalue weighted by Gasteiger charge is -2.21. The van der Waals surface area contributed by atoms with Gasteiger partial charge < -0.3 is 10.1 Å². The van der Waals surface area contributed by atoms with Gasteiger partial charge in [0.1, 0.15) is 12.7 Å². The standard InChI is InChI=1S/C12H20N4O2/c17-12(4-6-16-10-13-9-15-16)14-5-3-11-2-1-7-18-8-11/h9-11H,1-8H2,(H,14,17)/t11-/m1/s1. The minimum absolute atomic E-state index is 0.0715. The molecule has 0 unspecified atom stereocenters. The summed E-state index contributed by atoms with van der Waals surface area (Å²) in [6, 6.07) is 0. The van der Waals surface area contributed by atoms with Crippen molar-refractivity contribution in [3.8, 4) is 0 Å². The number of aryl methyl sites for hydroxylation is 1. The average Bonchev–Trinajstić information content (AvgIpc) is 2.91. The number of aromatic nitrogens is 3. The summed E-state index contributed by atoms with van der Waals surface area (Å²) in [5.74, 6) is 0.677. The zero-order chi connectivity index (χ0) is 12.6. The van der Waals surface area contributed by atoms with E-state index < -0.39 is 0 Å². The molecule has 0 aromatic carbocycles. The highest BCUT2D eigenvalue weighted by atomic mass is 16.5. The van der Waals surface area contributed by atoms with E-state index in [1.807, 2.05) is 0 Å². The monoisotopic (exact) mass is 252 g/mol. The lowest BCUT2D eigenvalue weighted by molar-refractivity contribution is -0.121. The van der Waals surface area contributed by atoms with Crippen molar-refractivity contribution in [3.05, 3.63) is 12.7 Å². The van der Waals surface area contributed by atoms with Crippen LogP contribution in [0.2, 0.25) is 0 Å². The predicted octanol–water partition coefficient (Wildman–Crippen LogP) is 0.601. The molecule has 6 heteroatoms. The Kier molecular flexibility index (Phi) is 5.14. The van der Waals surface area contributed by atoms with Gasteiger partial charge in [0.2, 0.25) is 5.91 Å². The van der Waals surface area contributed by atoms with Crippen LogP contribution in [0.5, 0.6) is 0 Å². The molecule has 2 heterocycles. The van der Waals surface area contributed by atoms with E-state index in [1.165, 1.54) is 12.7 Å². The molecule has 1 N–H and O–H groups in total. The fourth-order valence-electron chi connectivity index (χ4n) is 2.10. The summed E-state index contributed by atoms with van der Waals surface area (Å²) in [5.41, 5.74) is 0. The van der Waals surface area contributed by atoms with Crippen LogP contribution >= 0.6 is 0 Å². The molecule has 1 saturated heterocycles. The van der Waals surface area contributed by atoms with E-state index in [2.05, 4.69) is 15.4 Å². The van der Waals surface area contributed by atoms with Crippen molar-refractivity contribution >= 4 is 5.91 Å². The molecule has 2 rings (SSSR count). The first-order chi connectivity index (χ1) is 8.84. The van der Waals surface area contributed by atoms with E-state index in [0.29, 0.717) is 18.9 Å². The van der Waals surface area contributed by atoms with Crippen LogP contribution in [-0.4, -0.2) is 40.4 Å². The minimum atomic E-state index is 0.0715. The molecule has 1 fully saturated rings. The summed E-state index contributed by atoms with van der Waals surface area (Å²) in [7, 11) is 0. The van der Waals surface area contributed by atoms with Crippen molar-refractivity contribution in [1.29, 1.82) is 0 Å². The second-order valence-electron chi connectivity index (χ2n) is 4.63. The number of nitrogens with one attached hydrogen (secondary N) is 1. The Morgan fingerprint density at radius 1 is 1.56 bits per heavy atom. The molecule has 1 aromatic heterocycles. The molecule has 1 atom stereocenters. The summed E-state index contributed by atoms with van der Waals surface area (Å²) in [6.45, 7) is 3.05. The fourth-order valence-corrected chi connectivity index (χ4v) is 2.10. The fraction of sp³-hybridized carbons (Fsp3) is 0.750. The van der Waals surface area contributed by atoms with Crippen LogP contribution in [0.25, 0.3) is 0 Å². The molecule has 0 radical (unpaired) electrons. The molecule has 1 amide bonds. The molecule has 1 aliphatic rings. The molecule has 18 heavy (non-hydrogen) atoms. The van der Waals surface area contributed by atoms with Gasteiger partial charge in [-0.15, -0.1) is 0 Å². The smallest absolute Gasteiger partial charge is 0.221 e. The number of nitrogens with zero attached hydrogens (tertiary/aromatic N) is 3. The van der Waals surface area contributed by atoms with Gasteiger partial charge in [0.05, 0.1) is 6.54 Å². The average molecular weight is 252 g/mol. The Labute approximate surface area is 107 Å². The molecule has 0 bridgehead atoms. The normalized spacial score (nSPS) is 19.7. The quantitative estimate of drug-likeness (QED) is 0.805. The maximum atomic E-state index is 11.6. The van der Waals surface area contributed by atoms with Crippen LogP contribution < -0.4 is 5.32 Å². The minimum Gasteiger partial charge on any atom is -0.381 e. The highest BCUT2D eigenvalue weighted by Gasteiger charge is 2.13. The third-order valence-electron chi connectivity index (χ3n) is 3.16. The first kappa shape index (κ1) is 13.0. The largest absolute Gasteiger partial charge is 0.381 e. The molecule has 0 aliphatic carbocycles. The number of carbonyl (C=O) groups excluding carboxylic acids is 1. The topological polar surface area (TPSA) is 69.0 Å². The summed E-state index contributed by atoms with van der Waals surface area (Å²) >= 11 is 0. The second-order valence-corrected chi connectivity index (χ2v) is 4.63. The highest BCUT2D eigenvalue weighted by molar-refractivity contribution is 5.75. The van der Waals surface area contributed by atoms with Gasteiger partial charge in [0, 0.05) is 26.2 Å². The number of rotatable bonds is 6. The number of carbonyl (C=O) groups is 1. The summed E-state index contributed by atoms with van der Waals surface area (Å²) < 4.78 is 7.07. The van der Waals surface area contributed by atoms with E-state index in [-0.39, 0.29) is 5.91 Å². The van der Waals surface area contributed by atoms with Gasteiger partial charge in [-0.1, -0.05) is 0 Å². The van der Waals surface area contributed by atoms with E-state index >= 15 is 0 Å². The molecular formula is C12H20N4O2. The Bertz CT molecular complexity index is 347. The molecular weight excluding hydrogens is 232 g/mol. The SMILES string of the molecule is O=C(CCn1cncn1)NCC[C@H]1CCCOC1. The van der Waals surface area contributed by atoms with Crippen molar-refractivity contribution < 1.29 is 9.53 Å². The van der Waals surface area contributed by atoms with Gasteiger partial charge in [0.25, 0.3) is 0 Å². The summed E-state index contributed by atoms with van der Waals surface area (Å²) in [4.78, 5) is 15.4. The number of hydrogen-bond donors (Lipinski definition) is 1. The Balaban J connectivity index is 1.54. The van der Waals surface area contributed by atoms with E-state index in [0.717, 1.165) is 32.6 Å². The van der Waals surface area contributed by atoms with Crippen LogP contribution in [-0.2, 0) is 16.1 Å². The van der Waals surface area contributed by atoms with Gasteiger partial charge in [-0.2, -0.15) is 5.10 Å². The maximum absolute atomic E-state index is 11.6. The number of ether oxygens (including phenoxy) is 1. The Morgan fingerprint density at radius 3 is 3.22 bits per heavy atom. The Hall–Kier alpha value is -1.43. The molecule has 0 spiro atoms. The molecule has 6 nitrogen and oxygen atoms in total. The van der Waals surface area contributed by atoms with E-state index in [4.69, 9.17) is 4.74 Å². The van der Waals surface area contributed by atoms with E-state index in [9.17, 15) is 4.79 Å². The third-order valence-corrected chi connectivity index (χ3v) is 3.16. The highest BCUT2D eigenvalue weighted by Crippen LogP contribution is 2.16. The van der Waals surface area contributed by atoms with Crippen molar-refractivity contribution in [2.24, 2.45) is 5.92 Å². The zero-order valence-corrected chi connectivity index (χ0v) is 10.5. The molecule has 1 aliphatic heterocycles. The van der Waals surface area contributed by atoms with Crippen molar-refractivity contribution in [2.45, 2.75) is 32.2 Å². The van der Waals surface area contributed by atoms with Gasteiger partial charge in [-0.3, -0.25) is 9.48 Å². The molecule has 1 aromatic rings. The van der Waals surface area contributed by atoms with Gasteiger partial charge in [0.15, 0.2) is 0 Å². The van der Waals surface area contributed by atoms with Gasteiger partial charge in [-0.05, 0) is 25.2 Å². The van der Waals surface area contributed by atoms with Crippen LogP contribution in [0, 0.1) is 5.92 Å². The van der Waals surface area contributed by atoms with Crippen LogP contribution in [0.15, 0.2) is 12.7 Å². The van der Waals surface area contributed by atoms with E-state index in [1.54, 1.807) is 11.0 Å². The predicted molar refractivity (Wildman–Crippen MR) is 65.8 cm³/mol. The van der Waals surface area contributed by atoms with Crippen LogP contribution in [0.4, 0.5) is 0 Å². The van der Waals surface area contributed by atoms with Crippen LogP contribution in [0.1, 0.15) is 25.7 Å². The first-order valence-corrected chi connectivity index (χ1v) is 6.51. The van der Waals surface area contributed by atoms with Crippen molar-refractivity contribution in [3.63, 3.8) is 0 Å². The first-order valence-electron chi connectivity index (χ1n) is 6.51. The number of hydrogen-bond acceptors (Lipinski definition) is 4. The molecule has 0 saturated carbocycles. The van der Waals surface area contributed by atoms with Gasteiger partial charge >= 0.3 is 0 Å². The summed E-state index contributed by atoms with van der Waals surface area (Å²) in [5, 5.41) is 6.89. The molecule has 100 valence electrons. The van der Waals surface area contributed by atoms with Crippen molar-refractivity contribution in [2.75, 3.05) is 19.8 Å². The zero-order valence-electron chi connectivity index (χ0n) is 10.5. The summed E-state index contributed by atoms with van der Waals surface area (Å²) in [6.07, 6.45) is 6.91. The van der Waals surface area contributed by atoms with Crippen molar-refractivity contribution in [1.82, 2.24) is 20.1 Å². The third kappa shape index (κ3) is 4.44. The lowest BCUT2D eigenvalue weighted by Crippen LogP contribution is -2.28. The number of amides is 1. The van der Waals surface area contributed by atoms with Gasteiger partial charge in [-0.25, -0.2) is 4.98 Å². The Morgan fingerprint density at radius 2 is 2.50 bits per heavy atom.